The van der Waals surface area contributed by atoms with Crippen LogP contribution in [0.3, 0.4) is 0 Å². The fraction of sp³-hybridized carbons (Fsp3) is 0.222. The lowest BCUT2D eigenvalue weighted by Gasteiger charge is -2.15. The number of benzene rings is 1. The number of aromatic nitrogens is 4. The van der Waals surface area contributed by atoms with Crippen molar-refractivity contribution in [1.29, 1.82) is 5.26 Å². The number of para-hydroxylation sites is 2. The van der Waals surface area contributed by atoms with Crippen LogP contribution in [0.5, 0.6) is 5.75 Å². The van der Waals surface area contributed by atoms with Crippen molar-refractivity contribution in [3.05, 3.63) is 48.8 Å². The van der Waals surface area contributed by atoms with E-state index < -0.39 is 0 Å². The molecule has 3 rings (SSSR count). The SMILES string of the molecule is CCOc1ccccc1-n1c(SC(C)C#N)nnc1-c1cccnc1. The van der Waals surface area contributed by atoms with Crippen LogP contribution in [0.1, 0.15) is 13.8 Å². The number of ether oxygens (including phenoxy) is 1. The van der Waals surface area contributed by atoms with Crippen LogP contribution in [0, 0.1) is 11.3 Å². The first-order valence-electron chi connectivity index (χ1n) is 7.89. The van der Waals surface area contributed by atoms with Crippen molar-refractivity contribution in [2.24, 2.45) is 0 Å². The zero-order chi connectivity index (χ0) is 17.6. The zero-order valence-electron chi connectivity index (χ0n) is 14.0. The van der Waals surface area contributed by atoms with E-state index in [0.29, 0.717) is 17.6 Å². The second-order valence-electron chi connectivity index (χ2n) is 5.17. The molecule has 0 aliphatic heterocycles. The maximum atomic E-state index is 9.16. The standard InChI is InChI=1S/C18H17N5OS/c1-3-24-16-9-5-4-8-15(16)23-17(14-7-6-10-20-12-14)21-22-18(23)25-13(2)11-19/h4-10,12-13H,3H2,1-2H3. The third-order valence-corrected chi connectivity index (χ3v) is 4.36. The lowest BCUT2D eigenvalue weighted by molar-refractivity contribution is 0.338. The van der Waals surface area contributed by atoms with E-state index in [1.807, 2.05) is 54.8 Å². The smallest absolute Gasteiger partial charge is 0.197 e. The maximum absolute atomic E-state index is 9.16. The first-order chi connectivity index (χ1) is 12.2. The molecule has 0 saturated heterocycles. The van der Waals surface area contributed by atoms with Crippen LogP contribution in [-0.2, 0) is 0 Å². The van der Waals surface area contributed by atoms with Crippen LogP contribution in [0.2, 0.25) is 0 Å². The van der Waals surface area contributed by atoms with E-state index in [4.69, 9.17) is 10.00 Å². The average Bonchev–Trinajstić information content (AvgIpc) is 3.06. The predicted octanol–water partition coefficient (Wildman–Crippen LogP) is 3.73. The first kappa shape index (κ1) is 17.0. The van der Waals surface area contributed by atoms with Crippen molar-refractivity contribution in [2.75, 3.05) is 6.61 Å². The second-order valence-corrected chi connectivity index (χ2v) is 6.48. The summed E-state index contributed by atoms with van der Waals surface area (Å²) in [6.07, 6.45) is 3.46. The first-order valence-corrected chi connectivity index (χ1v) is 8.76. The summed E-state index contributed by atoms with van der Waals surface area (Å²) in [6.45, 7) is 4.33. The molecule has 1 unspecified atom stereocenters. The van der Waals surface area contributed by atoms with Crippen molar-refractivity contribution >= 4 is 11.8 Å². The summed E-state index contributed by atoms with van der Waals surface area (Å²) in [5, 5.41) is 18.2. The van der Waals surface area contributed by atoms with Crippen molar-refractivity contribution < 1.29 is 4.74 Å². The van der Waals surface area contributed by atoms with Gasteiger partial charge in [-0.1, -0.05) is 23.9 Å². The van der Waals surface area contributed by atoms with E-state index in [1.165, 1.54) is 11.8 Å². The van der Waals surface area contributed by atoms with Crippen molar-refractivity contribution in [2.45, 2.75) is 24.3 Å². The molecule has 1 atom stereocenters. The summed E-state index contributed by atoms with van der Waals surface area (Å²) < 4.78 is 7.69. The Bertz CT molecular complexity index is 888. The number of nitrogens with zero attached hydrogens (tertiary/aromatic N) is 5. The Morgan fingerprint density at radius 1 is 1.24 bits per heavy atom. The van der Waals surface area contributed by atoms with Gasteiger partial charge in [0.2, 0.25) is 0 Å². The molecule has 0 N–H and O–H groups in total. The van der Waals surface area contributed by atoms with Gasteiger partial charge in [-0.05, 0) is 38.1 Å². The van der Waals surface area contributed by atoms with E-state index in [2.05, 4.69) is 21.3 Å². The van der Waals surface area contributed by atoms with Gasteiger partial charge in [-0.3, -0.25) is 9.55 Å². The third-order valence-electron chi connectivity index (χ3n) is 3.42. The molecule has 3 aromatic rings. The fourth-order valence-corrected chi connectivity index (χ4v) is 3.10. The molecular formula is C18H17N5OS. The van der Waals surface area contributed by atoms with E-state index in [9.17, 15) is 0 Å². The van der Waals surface area contributed by atoms with Gasteiger partial charge < -0.3 is 4.74 Å². The summed E-state index contributed by atoms with van der Waals surface area (Å²) >= 11 is 1.36. The maximum Gasteiger partial charge on any atom is 0.197 e. The average molecular weight is 351 g/mol. The molecule has 0 spiro atoms. The van der Waals surface area contributed by atoms with E-state index in [1.54, 1.807) is 12.4 Å². The molecule has 25 heavy (non-hydrogen) atoms. The Kier molecular flexibility index (Phi) is 5.31. The Balaban J connectivity index is 2.19. The molecule has 0 radical (unpaired) electrons. The summed E-state index contributed by atoms with van der Waals surface area (Å²) in [5.74, 6) is 1.40. The molecule has 2 heterocycles. The summed E-state index contributed by atoms with van der Waals surface area (Å²) in [5.41, 5.74) is 1.68. The van der Waals surface area contributed by atoms with Gasteiger partial charge >= 0.3 is 0 Å². The largest absolute Gasteiger partial charge is 0.492 e. The quantitative estimate of drug-likeness (QED) is 0.630. The van der Waals surface area contributed by atoms with Crippen LogP contribution >= 0.6 is 11.8 Å². The Labute approximate surface area is 150 Å². The molecule has 2 aromatic heterocycles. The normalized spacial score (nSPS) is 11.7. The van der Waals surface area contributed by atoms with Gasteiger partial charge in [0.1, 0.15) is 5.75 Å². The fourth-order valence-electron chi connectivity index (χ4n) is 2.35. The molecule has 0 saturated carbocycles. The minimum absolute atomic E-state index is 0.246. The number of hydrogen-bond donors (Lipinski definition) is 0. The molecular weight excluding hydrogens is 334 g/mol. The lowest BCUT2D eigenvalue weighted by atomic mass is 10.2. The summed E-state index contributed by atoms with van der Waals surface area (Å²) in [6, 6.07) is 13.7. The van der Waals surface area contributed by atoms with Crippen molar-refractivity contribution in [1.82, 2.24) is 19.7 Å². The topological polar surface area (TPSA) is 76.6 Å². The second kappa shape index (κ2) is 7.81. The molecule has 0 amide bonds. The molecule has 7 heteroatoms. The zero-order valence-corrected chi connectivity index (χ0v) is 14.8. The molecule has 6 nitrogen and oxygen atoms in total. The van der Waals surface area contributed by atoms with Gasteiger partial charge in [0.25, 0.3) is 0 Å². The van der Waals surface area contributed by atoms with Gasteiger partial charge in [0, 0.05) is 18.0 Å². The third kappa shape index (κ3) is 3.64. The van der Waals surface area contributed by atoms with Gasteiger partial charge in [-0.2, -0.15) is 5.26 Å². The number of thioether (sulfide) groups is 1. The van der Waals surface area contributed by atoms with E-state index in [0.717, 1.165) is 17.0 Å². The minimum atomic E-state index is -0.246. The monoisotopic (exact) mass is 351 g/mol. The van der Waals surface area contributed by atoms with Crippen molar-refractivity contribution in [3.63, 3.8) is 0 Å². The highest BCUT2D eigenvalue weighted by atomic mass is 32.2. The predicted molar refractivity (Wildman–Crippen MR) is 96.7 cm³/mol. The highest BCUT2D eigenvalue weighted by Crippen LogP contribution is 2.33. The van der Waals surface area contributed by atoms with Gasteiger partial charge in [0.15, 0.2) is 11.0 Å². The molecule has 0 bridgehead atoms. The van der Waals surface area contributed by atoms with Gasteiger partial charge in [-0.25, -0.2) is 0 Å². The van der Waals surface area contributed by atoms with Crippen LogP contribution in [-0.4, -0.2) is 31.6 Å². The van der Waals surface area contributed by atoms with Gasteiger partial charge in [0.05, 0.1) is 23.6 Å². The highest BCUT2D eigenvalue weighted by molar-refractivity contribution is 8.00. The Morgan fingerprint density at radius 3 is 2.80 bits per heavy atom. The molecule has 1 aromatic carbocycles. The number of rotatable bonds is 6. The summed E-state index contributed by atoms with van der Waals surface area (Å²) in [7, 11) is 0. The minimum Gasteiger partial charge on any atom is -0.492 e. The Hall–Kier alpha value is -2.85. The highest BCUT2D eigenvalue weighted by Gasteiger charge is 2.20. The number of hydrogen-bond acceptors (Lipinski definition) is 6. The molecule has 126 valence electrons. The van der Waals surface area contributed by atoms with Crippen LogP contribution in [0.25, 0.3) is 17.1 Å². The van der Waals surface area contributed by atoms with E-state index >= 15 is 0 Å². The molecule has 0 fully saturated rings. The molecule has 0 aliphatic carbocycles. The van der Waals surface area contributed by atoms with Crippen molar-refractivity contribution in [3.8, 4) is 28.9 Å². The Morgan fingerprint density at radius 2 is 2.08 bits per heavy atom. The lowest BCUT2D eigenvalue weighted by Crippen LogP contribution is -2.05. The van der Waals surface area contributed by atoms with E-state index in [-0.39, 0.29) is 5.25 Å². The summed E-state index contributed by atoms with van der Waals surface area (Å²) in [4.78, 5) is 4.17. The van der Waals surface area contributed by atoms with Crippen LogP contribution in [0.4, 0.5) is 0 Å². The van der Waals surface area contributed by atoms with Crippen LogP contribution in [0.15, 0.2) is 53.9 Å². The molecule has 0 aliphatic rings. The number of nitriles is 1. The number of pyridine rings is 1. The van der Waals surface area contributed by atoms with Gasteiger partial charge in [-0.15, -0.1) is 10.2 Å². The van der Waals surface area contributed by atoms with Crippen LogP contribution < -0.4 is 4.74 Å².